The molecular weight excluding hydrogens is 232 g/mol. The Morgan fingerprint density at radius 3 is 2.89 bits per heavy atom. The van der Waals surface area contributed by atoms with Gasteiger partial charge in [-0.2, -0.15) is 0 Å². The van der Waals surface area contributed by atoms with Gasteiger partial charge in [0, 0.05) is 12.8 Å². The zero-order valence-electron chi connectivity index (χ0n) is 11.6. The normalized spacial score (nSPS) is 11.3. The number of nitrogens with one attached hydrogen (secondary N) is 1. The van der Waals surface area contributed by atoms with Crippen LogP contribution in [-0.4, -0.2) is 48.0 Å². The largest absolute Gasteiger partial charge is 0.379 e. The van der Waals surface area contributed by atoms with E-state index in [4.69, 9.17) is 9.47 Å². The number of ether oxygens (including phenoxy) is 2. The third-order valence-corrected chi connectivity index (χ3v) is 2.31. The molecule has 1 aromatic heterocycles. The third kappa shape index (κ3) is 6.68. The van der Waals surface area contributed by atoms with E-state index >= 15 is 0 Å². The SMILES string of the molecule is CNCn1cc(CCCOCCOC(C)C)nn1. The summed E-state index contributed by atoms with van der Waals surface area (Å²) in [5, 5.41) is 11.1. The lowest BCUT2D eigenvalue weighted by molar-refractivity contribution is 0.0190. The monoisotopic (exact) mass is 256 g/mol. The molecule has 1 rings (SSSR count). The van der Waals surface area contributed by atoms with Crippen molar-refractivity contribution in [3.05, 3.63) is 11.9 Å². The van der Waals surface area contributed by atoms with Gasteiger partial charge in [0.15, 0.2) is 0 Å². The van der Waals surface area contributed by atoms with E-state index in [0.29, 0.717) is 19.9 Å². The molecule has 0 amide bonds. The van der Waals surface area contributed by atoms with Crippen LogP contribution in [0.5, 0.6) is 0 Å². The molecule has 0 spiro atoms. The van der Waals surface area contributed by atoms with Crippen LogP contribution in [0.3, 0.4) is 0 Å². The van der Waals surface area contributed by atoms with Gasteiger partial charge in [0.05, 0.1) is 31.7 Å². The van der Waals surface area contributed by atoms with Gasteiger partial charge in [-0.05, 0) is 33.7 Å². The van der Waals surface area contributed by atoms with Crippen molar-refractivity contribution in [1.29, 1.82) is 0 Å². The summed E-state index contributed by atoms with van der Waals surface area (Å²) in [6.45, 7) is 6.79. The Kier molecular flexibility index (Phi) is 7.55. The predicted octanol–water partition coefficient (Wildman–Crippen LogP) is 0.829. The van der Waals surface area contributed by atoms with Crippen LogP contribution in [-0.2, 0) is 22.6 Å². The molecule has 104 valence electrons. The molecule has 18 heavy (non-hydrogen) atoms. The van der Waals surface area contributed by atoms with Crippen molar-refractivity contribution in [3.63, 3.8) is 0 Å². The molecule has 0 radical (unpaired) electrons. The van der Waals surface area contributed by atoms with Crippen LogP contribution in [0.1, 0.15) is 26.0 Å². The van der Waals surface area contributed by atoms with E-state index in [2.05, 4.69) is 15.6 Å². The van der Waals surface area contributed by atoms with Gasteiger partial charge < -0.3 is 14.8 Å². The minimum Gasteiger partial charge on any atom is -0.379 e. The van der Waals surface area contributed by atoms with Crippen molar-refractivity contribution in [3.8, 4) is 0 Å². The van der Waals surface area contributed by atoms with Gasteiger partial charge in [-0.3, -0.25) is 0 Å². The summed E-state index contributed by atoms with van der Waals surface area (Å²) < 4.78 is 12.6. The molecule has 0 saturated heterocycles. The number of aryl methyl sites for hydroxylation is 1. The zero-order valence-corrected chi connectivity index (χ0v) is 11.6. The molecule has 0 atom stereocenters. The van der Waals surface area contributed by atoms with E-state index in [-0.39, 0.29) is 6.10 Å². The van der Waals surface area contributed by atoms with Crippen molar-refractivity contribution < 1.29 is 9.47 Å². The number of hydrogen-bond donors (Lipinski definition) is 1. The summed E-state index contributed by atoms with van der Waals surface area (Å²) in [6, 6.07) is 0. The van der Waals surface area contributed by atoms with Crippen molar-refractivity contribution in [2.24, 2.45) is 0 Å². The molecule has 0 aromatic carbocycles. The maximum absolute atomic E-state index is 5.47. The number of hydrogen-bond acceptors (Lipinski definition) is 5. The number of aromatic nitrogens is 3. The van der Waals surface area contributed by atoms with Crippen molar-refractivity contribution in [1.82, 2.24) is 20.3 Å². The molecule has 1 heterocycles. The highest BCUT2D eigenvalue weighted by Crippen LogP contribution is 1.98. The highest BCUT2D eigenvalue weighted by molar-refractivity contribution is 4.91. The Balaban J connectivity index is 2.00. The maximum atomic E-state index is 5.47. The summed E-state index contributed by atoms with van der Waals surface area (Å²) in [7, 11) is 1.88. The van der Waals surface area contributed by atoms with Crippen LogP contribution in [0, 0.1) is 0 Å². The van der Waals surface area contributed by atoms with Gasteiger partial charge >= 0.3 is 0 Å². The van der Waals surface area contributed by atoms with E-state index in [0.717, 1.165) is 25.1 Å². The summed E-state index contributed by atoms with van der Waals surface area (Å²) in [4.78, 5) is 0. The molecule has 0 bridgehead atoms. The first-order chi connectivity index (χ1) is 8.72. The number of rotatable bonds is 10. The average Bonchev–Trinajstić information content (AvgIpc) is 2.76. The Labute approximate surface area is 109 Å². The summed E-state index contributed by atoms with van der Waals surface area (Å²) in [5.74, 6) is 0. The molecule has 0 aliphatic carbocycles. The van der Waals surface area contributed by atoms with Gasteiger partial charge in [0.25, 0.3) is 0 Å². The molecule has 1 aromatic rings. The maximum Gasteiger partial charge on any atom is 0.0919 e. The molecule has 0 saturated carbocycles. The van der Waals surface area contributed by atoms with Crippen LogP contribution in [0.2, 0.25) is 0 Å². The summed E-state index contributed by atoms with van der Waals surface area (Å²) in [6.07, 6.45) is 4.09. The highest BCUT2D eigenvalue weighted by atomic mass is 16.5. The van der Waals surface area contributed by atoms with E-state index in [1.54, 1.807) is 4.68 Å². The molecule has 1 N–H and O–H groups in total. The minimum atomic E-state index is 0.274. The van der Waals surface area contributed by atoms with Gasteiger partial charge in [0.1, 0.15) is 0 Å². The summed E-state index contributed by atoms with van der Waals surface area (Å²) in [5.41, 5.74) is 1.01. The molecule has 0 aliphatic rings. The van der Waals surface area contributed by atoms with E-state index in [9.17, 15) is 0 Å². The highest BCUT2D eigenvalue weighted by Gasteiger charge is 2.00. The predicted molar refractivity (Wildman–Crippen MR) is 69.3 cm³/mol. The first kappa shape index (κ1) is 15.1. The molecule has 6 heteroatoms. The lowest BCUT2D eigenvalue weighted by Crippen LogP contribution is -2.13. The smallest absolute Gasteiger partial charge is 0.0919 e. The molecule has 0 unspecified atom stereocenters. The van der Waals surface area contributed by atoms with Crippen LogP contribution in [0.25, 0.3) is 0 Å². The lowest BCUT2D eigenvalue weighted by Gasteiger charge is -2.07. The molecular formula is C12H24N4O2. The van der Waals surface area contributed by atoms with Gasteiger partial charge in [-0.1, -0.05) is 5.21 Å². The lowest BCUT2D eigenvalue weighted by atomic mass is 10.3. The van der Waals surface area contributed by atoms with E-state index < -0.39 is 0 Å². The zero-order chi connectivity index (χ0) is 13.2. The van der Waals surface area contributed by atoms with Crippen molar-refractivity contribution in [2.45, 2.75) is 39.5 Å². The molecule has 0 fully saturated rings. The second-order valence-corrected chi connectivity index (χ2v) is 4.40. The first-order valence-corrected chi connectivity index (χ1v) is 6.45. The van der Waals surface area contributed by atoms with Gasteiger partial charge in [-0.15, -0.1) is 5.10 Å². The fraction of sp³-hybridized carbons (Fsp3) is 0.833. The Bertz CT molecular complexity index is 315. The van der Waals surface area contributed by atoms with Crippen LogP contribution >= 0.6 is 0 Å². The van der Waals surface area contributed by atoms with Gasteiger partial charge in [0.2, 0.25) is 0 Å². The van der Waals surface area contributed by atoms with Gasteiger partial charge in [-0.25, -0.2) is 4.68 Å². The van der Waals surface area contributed by atoms with Crippen LogP contribution < -0.4 is 5.32 Å². The second-order valence-electron chi connectivity index (χ2n) is 4.40. The van der Waals surface area contributed by atoms with Crippen LogP contribution in [0.15, 0.2) is 6.20 Å². The second kappa shape index (κ2) is 9.02. The average molecular weight is 256 g/mol. The number of nitrogens with zero attached hydrogens (tertiary/aromatic N) is 3. The quantitative estimate of drug-likeness (QED) is 0.628. The van der Waals surface area contributed by atoms with Crippen molar-refractivity contribution >= 4 is 0 Å². The fourth-order valence-corrected chi connectivity index (χ4v) is 1.49. The Morgan fingerprint density at radius 2 is 2.17 bits per heavy atom. The third-order valence-electron chi connectivity index (χ3n) is 2.31. The Morgan fingerprint density at radius 1 is 1.33 bits per heavy atom. The fourth-order valence-electron chi connectivity index (χ4n) is 1.49. The van der Waals surface area contributed by atoms with E-state index in [1.165, 1.54) is 0 Å². The molecule has 6 nitrogen and oxygen atoms in total. The van der Waals surface area contributed by atoms with Crippen molar-refractivity contribution in [2.75, 3.05) is 26.9 Å². The summed E-state index contributed by atoms with van der Waals surface area (Å²) >= 11 is 0. The topological polar surface area (TPSA) is 61.2 Å². The Hall–Kier alpha value is -0.980. The molecule has 0 aliphatic heterocycles. The minimum absolute atomic E-state index is 0.274. The first-order valence-electron chi connectivity index (χ1n) is 6.45. The van der Waals surface area contributed by atoms with E-state index in [1.807, 2.05) is 27.1 Å². The standard InChI is InChI=1S/C12H24N4O2/c1-11(2)18-8-7-17-6-4-5-12-9-16(10-13-3)15-14-12/h9,11,13H,4-8,10H2,1-3H3. The van der Waals surface area contributed by atoms with Crippen LogP contribution in [0.4, 0.5) is 0 Å².